The second-order valence-corrected chi connectivity index (χ2v) is 8.10. The van der Waals surface area contributed by atoms with Crippen LogP contribution in [0.25, 0.3) is 0 Å². The number of anilines is 2. The number of aromatic nitrogens is 2. The van der Waals surface area contributed by atoms with Crippen molar-refractivity contribution in [2.24, 2.45) is 0 Å². The largest absolute Gasteiger partial charge is 0.410 e. The molecule has 5 nitrogen and oxygen atoms in total. The molecule has 1 aliphatic heterocycles. The molecule has 0 bridgehead atoms. The van der Waals surface area contributed by atoms with Crippen molar-refractivity contribution in [2.45, 2.75) is 38.5 Å². The van der Waals surface area contributed by atoms with Gasteiger partial charge in [-0.3, -0.25) is 4.79 Å². The Morgan fingerprint density at radius 2 is 2.03 bits per heavy atom. The molecule has 3 aromatic rings. The van der Waals surface area contributed by atoms with Crippen molar-refractivity contribution in [1.29, 1.82) is 0 Å². The summed E-state index contributed by atoms with van der Waals surface area (Å²) in [7, 11) is 0. The van der Waals surface area contributed by atoms with Gasteiger partial charge in [0.15, 0.2) is 11.7 Å². The van der Waals surface area contributed by atoms with Gasteiger partial charge < -0.3 is 10.6 Å². The van der Waals surface area contributed by atoms with Crippen LogP contribution in [0.2, 0.25) is 0 Å². The quantitative estimate of drug-likeness (QED) is 0.590. The summed E-state index contributed by atoms with van der Waals surface area (Å²) in [4.78, 5) is 13.4. The maximum atomic E-state index is 13.7. The summed E-state index contributed by atoms with van der Waals surface area (Å²) in [6.07, 6.45) is -4.66. The maximum absolute atomic E-state index is 13.7. The highest BCUT2D eigenvalue weighted by molar-refractivity contribution is 7.10. The number of rotatable bonds is 3. The molecular formula is C20H19F3N4OS. The normalized spacial score (nSPS) is 18.8. The van der Waals surface area contributed by atoms with Gasteiger partial charge in [0.05, 0.1) is 6.04 Å². The van der Waals surface area contributed by atoms with E-state index in [1.54, 1.807) is 18.2 Å². The first kappa shape index (κ1) is 19.5. The fourth-order valence-corrected chi connectivity index (χ4v) is 4.17. The van der Waals surface area contributed by atoms with Crippen molar-refractivity contribution in [2.75, 3.05) is 10.6 Å². The lowest BCUT2D eigenvalue weighted by atomic mass is 10.0. The molecule has 4 rings (SSSR count). The molecule has 3 heterocycles. The Balaban J connectivity index is 1.63. The zero-order valence-corrected chi connectivity index (χ0v) is 16.6. The minimum atomic E-state index is -4.47. The molecule has 2 atom stereocenters. The van der Waals surface area contributed by atoms with Gasteiger partial charge >= 0.3 is 6.18 Å². The zero-order chi connectivity index (χ0) is 20.8. The first-order valence-electron chi connectivity index (χ1n) is 9.07. The van der Waals surface area contributed by atoms with Gasteiger partial charge in [-0.05, 0) is 48.6 Å². The van der Waals surface area contributed by atoms with Crippen LogP contribution in [0.5, 0.6) is 0 Å². The summed E-state index contributed by atoms with van der Waals surface area (Å²) in [6, 6.07) is 8.13. The number of thiophene rings is 1. The number of alkyl halides is 3. The minimum absolute atomic E-state index is 0.0631. The number of carbonyl (C=O) groups is 1. The number of hydrogen-bond donors (Lipinski definition) is 2. The fraction of sp³-hybridized carbons (Fsp3) is 0.300. The third-order valence-corrected chi connectivity index (χ3v) is 6.06. The molecule has 152 valence electrons. The van der Waals surface area contributed by atoms with E-state index < -0.39 is 24.2 Å². The third kappa shape index (κ3) is 3.87. The summed E-state index contributed by atoms with van der Waals surface area (Å²) in [5.74, 6) is -0.368. The monoisotopic (exact) mass is 420 g/mol. The van der Waals surface area contributed by atoms with Crippen LogP contribution in [0, 0.1) is 13.8 Å². The van der Waals surface area contributed by atoms with Gasteiger partial charge in [-0.2, -0.15) is 18.3 Å². The number of fused-ring (bicyclic) bond motifs is 1. The van der Waals surface area contributed by atoms with E-state index in [1.165, 1.54) is 17.4 Å². The standard InChI is InChI=1S/C20H19F3N4OS/c1-11-5-6-13(8-12(11)2)24-19(28)15-10-18-25-14(16-4-3-7-29-16)9-17(20(21,22)23)27(18)26-15/h3-8,10,14,17,25H,9H2,1-2H3,(H,24,28)/t14-,17-/m1/s1. The molecule has 9 heteroatoms. The molecule has 2 aromatic heterocycles. The summed E-state index contributed by atoms with van der Waals surface area (Å²) in [6.45, 7) is 3.88. The minimum Gasteiger partial charge on any atom is -0.363 e. The molecule has 0 spiro atoms. The molecule has 1 aliphatic rings. The highest BCUT2D eigenvalue weighted by Crippen LogP contribution is 2.44. The molecule has 2 N–H and O–H groups in total. The molecule has 0 aliphatic carbocycles. The van der Waals surface area contributed by atoms with E-state index in [4.69, 9.17) is 0 Å². The van der Waals surface area contributed by atoms with Crippen LogP contribution in [-0.4, -0.2) is 21.9 Å². The molecule has 0 fully saturated rings. The highest BCUT2D eigenvalue weighted by atomic mass is 32.1. The Morgan fingerprint density at radius 3 is 2.69 bits per heavy atom. The molecular weight excluding hydrogens is 401 g/mol. The Labute approximate surface area is 169 Å². The molecule has 1 aromatic carbocycles. The SMILES string of the molecule is Cc1ccc(NC(=O)c2cc3n(n2)[C@@H](C(F)(F)F)C[C@H](c2cccs2)N3)cc1C. The van der Waals surface area contributed by atoms with E-state index in [9.17, 15) is 18.0 Å². The van der Waals surface area contributed by atoms with Crippen LogP contribution in [0.1, 0.15) is 45.0 Å². The van der Waals surface area contributed by atoms with Crippen molar-refractivity contribution < 1.29 is 18.0 Å². The average molecular weight is 420 g/mol. The maximum Gasteiger partial charge on any atom is 0.410 e. The van der Waals surface area contributed by atoms with E-state index in [0.717, 1.165) is 20.7 Å². The lowest BCUT2D eigenvalue weighted by Crippen LogP contribution is -2.35. The number of amides is 1. The Kier molecular flexibility index (Phi) is 4.85. The van der Waals surface area contributed by atoms with Gasteiger partial charge in [0.1, 0.15) is 5.82 Å². The molecule has 0 unspecified atom stereocenters. The van der Waals surface area contributed by atoms with E-state index >= 15 is 0 Å². The first-order chi connectivity index (χ1) is 13.7. The second-order valence-electron chi connectivity index (χ2n) is 7.12. The van der Waals surface area contributed by atoms with Crippen LogP contribution in [-0.2, 0) is 0 Å². The number of aryl methyl sites for hydroxylation is 2. The number of nitrogens with one attached hydrogen (secondary N) is 2. The number of hydrogen-bond acceptors (Lipinski definition) is 4. The molecule has 0 radical (unpaired) electrons. The molecule has 0 saturated heterocycles. The topological polar surface area (TPSA) is 59.0 Å². The average Bonchev–Trinajstić information content (AvgIpc) is 3.32. The number of benzene rings is 1. The number of carbonyl (C=O) groups excluding carboxylic acids is 1. The Morgan fingerprint density at radius 1 is 1.24 bits per heavy atom. The van der Waals surface area contributed by atoms with Crippen LogP contribution in [0.15, 0.2) is 41.8 Å². The lowest BCUT2D eigenvalue weighted by Gasteiger charge is -2.32. The Bertz CT molecular complexity index is 1040. The van der Waals surface area contributed by atoms with Crippen LogP contribution < -0.4 is 10.6 Å². The van der Waals surface area contributed by atoms with Gasteiger partial charge in [-0.25, -0.2) is 4.68 Å². The second kappa shape index (κ2) is 7.22. The summed E-state index contributed by atoms with van der Waals surface area (Å²) < 4.78 is 41.9. The lowest BCUT2D eigenvalue weighted by molar-refractivity contribution is -0.173. The van der Waals surface area contributed by atoms with Gasteiger partial charge in [-0.15, -0.1) is 11.3 Å². The molecule has 29 heavy (non-hydrogen) atoms. The van der Waals surface area contributed by atoms with Crippen molar-refractivity contribution in [1.82, 2.24) is 9.78 Å². The highest BCUT2D eigenvalue weighted by Gasteiger charge is 2.47. The zero-order valence-electron chi connectivity index (χ0n) is 15.7. The van der Waals surface area contributed by atoms with Gasteiger partial charge in [0.25, 0.3) is 5.91 Å². The van der Waals surface area contributed by atoms with Gasteiger partial charge in [0, 0.05) is 23.1 Å². The number of halogens is 3. The van der Waals surface area contributed by atoms with Crippen molar-refractivity contribution in [3.63, 3.8) is 0 Å². The van der Waals surface area contributed by atoms with E-state index in [0.29, 0.717) is 5.69 Å². The van der Waals surface area contributed by atoms with Crippen molar-refractivity contribution in [3.05, 3.63) is 63.5 Å². The van der Waals surface area contributed by atoms with E-state index in [2.05, 4.69) is 15.7 Å². The predicted molar refractivity (Wildman–Crippen MR) is 106 cm³/mol. The fourth-order valence-electron chi connectivity index (χ4n) is 3.37. The van der Waals surface area contributed by atoms with Gasteiger partial charge in [-0.1, -0.05) is 12.1 Å². The molecule has 0 saturated carbocycles. The smallest absolute Gasteiger partial charge is 0.363 e. The number of nitrogens with zero attached hydrogens (tertiary/aromatic N) is 2. The van der Waals surface area contributed by atoms with Crippen LogP contribution in [0.4, 0.5) is 24.7 Å². The van der Waals surface area contributed by atoms with Crippen LogP contribution in [0.3, 0.4) is 0 Å². The van der Waals surface area contributed by atoms with E-state index in [-0.39, 0.29) is 17.9 Å². The Hall–Kier alpha value is -2.81. The third-order valence-electron chi connectivity index (χ3n) is 5.07. The summed E-state index contributed by atoms with van der Waals surface area (Å²) in [5.41, 5.74) is 2.59. The summed E-state index contributed by atoms with van der Waals surface area (Å²) >= 11 is 1.40. The van der Waals surface area contributed by atoms with Gasteiger partial charge in [0.2, 0.25) is 0 Å². The first-order valence-corrected chi connectivity index (χ1v) is 9.95. The van der Waals surface area contributed by atoms with Crippen molar-refractivity contribution in [3.8, 4) is 0 Å². The summed E-state index contributed by atoms with van der Waals surface area (Å²) in [5, 5.41) is 11.6. The molecule has 1 amide bonds. The predicted octanol–water partition coefficient (Wildman–Crippen LogP) is 5.47. The van der Waals surface area contributed by atoms with Crippen molar-refractivity contribution >= 4 is 28.7 Å². The van der Waals surface area contributed by atoms with E-state index in [1.807, 2.05) is 31.4 Å². The van der Waals surface area contributed by atoms with Crippen LogP contribution >= 0.6 is 11.3 Å².